The van der Waals surface area contributed by atoms with E-state index in [1.54, 1.807) is 31.4 Å². The Morgan fingerprint density at radius 1 is 0.935 bits per heavy atom. The summed E-state index contributed by atoms with van der Waals surface area (Å²) in [7, 11) is 1.64. The maximum Gasteiger partial charge on any atom is 0.275 e. The van der Waals surface area contributed by atoms with Crippen LogP contribution < -0.4 is 26.1 Å². The Bertz CT molecular complexity index is 2010. The van der Waals surface area contributed by atoms with Crippen LogP contribution in [0, 0.1) is 6.92 Å². The SMILES string of the molecule is COc1ccc2[nH]c(C)c(CC(=O)N[C@@H](CCCCNC(=O)c3ccccc3N)c3[nH]c(-c4ccc5ccccc5c4)c[nH+]3)c2c1. The molecule has 6 rings (SSSR count). The van der Waals surface area contributed by atoms with Crippen LogP contribution in [0.4, 0.5) is 5.69 Å². The molecule has 4 aromatic carbocycles. The van der Waals surface area contributed by atoms with E-state index in [9.17, 15) is 9.59 Å². The van der Waals surface area contributed by atoms with Gasteiger partial charge in [0.1, 0.15) is 18.0 Å². The molecule has 46 heavy (non-hydrogen) atoms. The number of H-pyrrole nitrogens is 3. The van der Waals surface area contributed by atoms with Crippen LogP contribution in [0.15, 0.2) is 91.1 Å². The highest BCUT2D eigenvalue weighted by atomic mass is 16.5. The average molecular weight is 616 g/mol. The zero-order valence-corrected chi connectivity index (χ0v) is 26.1. The molecule has 0 radical (unpaired) electrons. The summed E-state index contributed by atoms with van der Waals surface area (Å²) in [5.41, 5.74) is 11.7. The standard InChI is InChI=1S/C37H38N6O3/c1-23-29(30-20-27(46-2)16-17-32(30)41-23)21-35(44)42-33(13-7-8-18-39-37(45)28-11-5-6-12-31(28)38)36-40-22-34(43-36)26-15-14-24-9-3-4-10-25(24)19-26/h3-6,9-12,14-17,19-20,22,33,41H,7-8,13,18,21,38H2,1-2H3,(H,39,45)(H,40,43)(H,42,44)/p+1/t33-/m0/s1. The smallest absolute Gasteiger partial charge is 0.275 e. The van der Waals surface area contributed by atoms with Crippen molar-refractivity contribution in [2.45, 2.75) is 38.6 Å². The molecule has 0 unspecified atom stereocenters. The van der Waals surface area contributed by atoms with Gasteiger partial charge in [-0.15, -0.1) is 0 Å². The Hall–Kier alpha value is -5.57. The van der Waals surface area contributed by atoms with Crippen molar-refractivity contribution in [1.29, 1.82) is 0 Å². The third kappa shape index (κ3) is 6.73. The van der Waals surface area contributed by atoms with E-state index >= 15 is 0 Å². The minimum Gasteiger partial charge on any atom is -0.497 e. The lowest BCUT2D eigenvalue weighted by atomic mass is 10.0. The summed E-state index contributed by atoms with van der Waals surface area (Å²) in [4.78, 5) is 36.5. The molecule has 6 aromatic rings. The van der Waals surface area contributed by atoms with Crippen molar-refractivity contribution in [1.82, 2.24) is 20.6 Å². The molecular weight excluding hydrogens is 576 g/mol. The maximum absolute atomic E-state index is 13.6. The quantitative estimate of drug-likeness (QED) is 0.0847. The summed E-state index contributed by atoms with van der Waals surface area (Å²) < 4.78 is 5.43. The van der Waals surface area contributed by atoms with Gasteiger partial charge in [-0.25, -0.2) is 9.97 Å². The number of nitrogens with two attached hydrogens (primary N) is 1. The third-order valence-corrected chi connectivity index (χ3v) is 8.46. The normalized spacial score (nSPS) is 11.9. The minimum atomic E-state index is -0.290. The molecule has 2 aromatic heterocycles. The number of unbranched alkanes of at least 4 members (excludes halogenated alkanes) is 1. The number of benzene rings is 4. The number of fused-ring (bicyclic) bond motifs is 2. The molecule has 0 bridgehead atoms. The Morgan fingerprint density at radius 2 is 1.74 bits per heavy atom. The van der Waals surface area contributed by atoms with Crippen LogP contribution in [-0.2, 0) is 11.2 Å². The monoisotopic (exact) mass is 615 g/mol. The Kier molecular flexibility index (Phi) is 9.01. The molecule has 0 saturated heterocycles. The summed E-state index contributed by atoms with van der Waals surface area (Å²) >= 11 is 0. The molecule has 2 heterocycles. The topological polar surface area (TPSA) is 139 Å². The zero-order chi connectivity index (χ0) is 32.0. The molecule has 2 amide bonds. The van der Waals surface area contributed by atoms with Gasteiger partial charge in [-0.1, -0.05) is 42.5 Å². The summed E-state index contributed by atoms with van der Waals surface area (Å²) in [6.07, 6.45) is 4.35. The van der Waals surface area contributed by atoms with E-state index in [0.717, 1.165) is 63.2 Å². The number of carbonyl (C=O) groups excluding carboxylic acids is 2. The predicted molar refractivity (Wildman–Crippen MR) is 182 cm³/mol. The second kappa shape index (κ2) is 13.6. The molecule has 0 aliphatic carbocycles. The van der Waals surface area contributed by atoms with Gasteiger partial charge in [-0.05, 0) is 85.0 Å². The number of hydrogen-bond acceptors (Lipinski definition) is 4. The van der Waals surface area contributed by atoms with Gasteiger partial charge >= 0.3 is 0 Å². The van der Waals surface area contributed by atoms with Gasteiger partial charge in [0.15, 0.2) is 5.69 Å². The molecule has 0 saturated carbocycles. The molecule has 0 spiro atoms. The van der Waals surface area contributed by atoms with Crippen molar-refractivity contribution in [3.05, 3.63) is 114 Å². The number of imidazole rings is 1. The summed E-state index contributed by atoms with van der Waals surface area (Å²) in [5, 5.41) is 9.54. The molecule has 0 aliphatic rings. The highest BCUT2D eigenvalue weighted by molar-refractivity contribution is 5.99. The lowest BCUT2D eigenvalue weighted by Crippen LogP contribution is -2.33. The lowest BCUT2D eigenvalue weighted by molar-refractivity contribution is -0.391. The van der Waals surface area contributed by atoms with Crippen LogP contribution in [0.3, 0.4) is 0 Å². The molecule has 0 aliphatic heterocycles. The Balaban J connectivity index is 1.17. The van der Waals surface area contributed by atoms with E-state index in [-0.39, 0.29) is 24.3 Å². The molecule has 7 N–H and O–H groups in total. The average Bonchev–Trinajstić information content (AvgIpc) is 3.68. The minimum absolute atomic E-state index is 0.0834. The second-order valence-corrected chi connectivity index (χ2v) is 11.6. The molecule has 9 heteroatoms. The predicted octanol–water partition coefficient (Wildman–Crippen LogP) is 6.03. The summed E-state index contributed by atoms with van der Waals surface area (Å²) in [6.45, 7) is 2.49. The number of aromatic nitrogens is 3. The maximum atomic E-state index is 13.6. The number of hydrogen-bond donors (Lipinski definition) is 5. The molecule has 0 fully saturated rings. The Morgan fingerprint density at radius 3 is 2.57 bits per heavy atom. The fourth-order valence-electron chi connectivity index (χ4n) is 5.95. The van der Waals surface area contributed by atoms with E-state index in [4.69, 9.17) is 10.5 Å². The second-order valence-electron chi connectivity index (χ2n) is 11.6. The van der Waals surface area contributed by atoms with E-state index < -0.39 is 0 Å². The number of methoxy groups -OCH3 is 1. The number of amides is 2. The number of carbonyl (C=O) groups is 2. The van der Waals surface area contributed by atoms with Crippen LogP contribution in [0.2, 0.25) is 0 Å². The van der Waals surface area contributed by atoms with Crippen molar-refractivity contribution in [3.63, 3.8) is 0 Å². The van der Waals surface area contributed by atoms with Crippen molar-refractivity contribution < 1.29 is 19.3 Å². The van der Waals surface area contributed by atoms with Crippen molar-refractivity contribution in [3.8, 4) is 17.0 Å². The van der Waals surface area contributed by atoms with Gasteiger partial charge in [0.05, 0.1) is 19.1 Å². The van der Waals surface area contributed by atoms with Crippen LogP contribution in [0.25, 0.3) is 32.9 Å². The number of aromatic amines is 3. The first-order chi connectivity index (χ1) is 22.4. The van der Waals surface area contributed by atoms with E-state index in [0.29, 0.717) is 24.2 Å². The van der Waals surface area contributed by atoms with Gasteiger partial charge in [0, 0.05) is 34.4 Å². The lowest BCUT2D eigenvalue weighted by Gasteiger charge is -2.15. The van der Waals surface area contributed by atoms with Gasteiger partial charge < -0.3 is 26.1 Å². The van der Waals surface area contributed by atoms with Gasteiger partial charge in [0.25, 0.3) is 11.7 Å². The molecule has 9 nitrogen and oxygen atoms in total. The van der Waals surface area contributed by atoms with Crippen LogP contribution in [0.5, 0.6) is 5.75 Å². The van der Waals surface area contributed by atoms with Gasteiger partial charge in [-0.3, -0.25) is 9.59 Å². The third-order valence-electron chi connectivity index (χ3n) is 8.46. The number of aryl methyl sites for hydroxylation is 1. The highest BCUT2D eigenvalue weighted by Crippen LogP contribution is 2.28. The fourth-order valence-corrected chi connectivity index (χ4v) is 5.95. The van der Waals surface area contributed by atoms with Crippen molar-refractivity contribution in [2.24, 2.45) is 0 Å². The number of rotatable bonds is 12. The molecular formula is C37H39N6O3+. The Labute approximate surface area is 267 Å². The number of nitrogen functional groups attached to an aromatic ring is 1. The van der Waals surface area contributed by atoms with Gasteiger partial charge in [-0.2, -0.15) is 0 Å². The van der Waals surface area contributed by atoms with Crippen molar-refractivity contribution >= 4 is 39.2 Å². The number of para-hydroxylation sites is 1. The fraction of sp³-hybridized carbons (Fsp3) is 0.216. The summed E-state index contributed by atoms with van der Waals surface area (Å²) in [6, 6.07) is 27.2. The zero-order valence-electron chi connectivity index (χ0n) is 26.1. The number of anilines is 1. The number of ether oxygens (including phenoxy) is 1. The van der Waals surface area contributed by atoms with E-state index in [1.165, 1.54) is 5.39 Å². The van der Waals surface area contributed by atoms with Crippen LogP contribution in [-0.4, -0.2) is 35.4 Å². The highest BCUT2D eigenvalue weighted by Gasteiger charge is 2.24. The first-order valence-electron chi connectivity index (χ1n) is 15.6. The molecule has 1 atom stereocenters. The van der Waals surface area contributed by atoms with Gasteiger partial charge in [0.2, 0.25) is 5.91 Å². The largest absolute Gasteiger partial charge is 0.497 e. The number of nitrogens with one attached hydrogen (secondary N) is 5. The molecule has 234 valence electrons. The summed E-state index contributed by atoms with van der Waals surface area (Å²) in [5.74, 6) is 1.29. The van der Waals surface area contributed by atoms with Crippen molar-refractivity contribution in [2.75, 3.05) is 19.4 Å². The van der Waals surface area contributed by atoms with Crippen LogP contribution >= 0.6 is 0 Å². The van der Waals surface area contributed by atoms with Crippen LogP contribution in [0.1, 0.15) is 52.7 Å². The first-order valence-corrected chi connectivity index (χ1v) is 15.6. The van der Waals surface area contributed by atoms with E-state index in [2.05, 4.69) is 55.9 Å². The van der Waals surface area contributed by atoms with E-state index in [1.807, 2.05) is 43.5 Å². The first kappa shape index (κ1) is 30.5.